The number of halogens is 5. The van der Waals surface area contributed by atoms with E-state index >= 15 is 0 Å². The van der Waals surface area contributed by atoms with Crippen molar-refractivity contribution in [3.05, 3.63) is 35.7 Å². The van der Waals surface area contributed by atoms with Gasteiger partial charge in [-0.3, -0.25) is 4.57 Å². The van der Waals surface area contributed by atoms with E-state index in [1.54, 1.807) is 10.6 Å². The number of nitrogens with zero attached hydrogens (tertiary/aromatic N) is 4. The molecule has 5 nitrogen and oxygen atoms in total. The third-order valence-corrected chi connectivity index (χ3v) is 3.99. The van der Waals surface area contributed by atoms with Crippen molar-refractivity contribution in [3.8, 4) is 5.69 Å². The van der Waals surface area contributed by atoms with E-state index in [0.717, 1.165) is 24.4 Å². The van der Waals surface area contributed by atoms with Crippen LogP contribution in [0.4, 0.5) is 13.2 Å². The Morgan fingerprint density at radius 2 is 1.88 bits per heavy atom. The molecule has 0 bridgehead atoms. The summed E-state index contributed by atoms with van der Waals surface area (Å²) in [6.07, 6.45) is -4.40. The molecule has 0 radical (unpaired) electrons. The maximum absolute atomic E-state index is 12.9. The molecule has 0 amide bonds. The van der Waals surface area contributed by atoms with E-state index in [4.69, 9.17) is 5.73 Å². The molecule has 2 rings (SSSR count). The first-order chi connectivity index (χ1) is 10.8. The van der Waals surface area contributed by atoms with Crippen LogP contribution in [-0.2, 0) is 12.7 Å². The van der Waals surface area contributed by atoms with Gasteiger partial charge in [-0.15, -0.1) is 35.0 Å². The van der Waals surface area contributed by atoms with Gasteiger partial charge in [0.2, 0.25) is 0 Å². The van der Waals surface area contributed by atoms with Crippen LogP contribution in [0.25, 0.3) is 5.69 Å². The SMILES string of the molecule is CN(C)CCSc1nnc(CN)n1-c1cccc(C(F)(F)F)c1.Cl.Cl. The highest BCUT2D eigenvalue weighted by Crippen LogP contribution is 2.31. The summed E-state index contributed by atoms with van der Waals surface area (Å²) in [5.74, 6) is 1.17. The van der Waals surface area contributed by atoms with Crippen molar-refractivity contribution < 1.29 is 13.2 Å². The van der Waals surface area contributed by atoms with Crippen molar-refractivity contribution in [2.75, 3.05) is 26.4 Å². The van der Waals surface area contributed by atoms with Gasteiger partial charge in [-0.1, -0.05) is 17.8 Å². The Balaban J connectivity index is 0.00000288. The first-order valence-corrected chi connectivity index (χ1v) is 7.91. The zero-order valence-corrected chi connectivity index (χ0v) is 16.1. The summed E-state index contributed by atoms with van der Waals surface area (Å²) in [5.41, 5.74) is 5.29. The molecule has 2 aromatic rings. The topological polar surface area (TPSA) is 60.0 Å². The summed E-state index contributed by atoms with van der Waals surface area (Å²) >= 11 is 1.43. The van der Waals surface area contributed by atoms with E-state index in [1.165, 1.54) is 17.8 Å². The summed E-state index contributed by atoms with van der Waals surface area (Å²) < 4.78 is 40.3. The van der Waals surface area contributed by atoms with Gasteiger partial charge in [0.15, 0.2) is 11.0 Å². The molecule has 1 aromatic carbocycles. The Morgan fingerprint density at radius 1 is 1.20 bits per heavy atom. The molecule has 0 aliphatic heterocycles. The van der Waals surface area contributed by atoms with Gasteiger partial charge in [0.1, 0.15) is 0 Å². The molecule has 142 valence electrons. The predicted octanol–water partition coefficient (Wildman–Crippen LogP) is 3.24. The summed E-state index contributed by atoms with van der Waals surface area (Å²) in [5, 5.41) is 8.56. The van der Waals surface area contributed by atoms with Gasteiger partial charge in [0, 0.05) is 12.3 Å². The lowest BCUT2D eigenvalue weighted by Gasteiger charge is -2.13. The Morgan fingerprint density at radius 3 is 2.44 bits per heavy atom. The Kier molecular flexibility index (Phi) is 9.81. The second-order valence-electron chi connectivity index (χ2n) is 5.14. The van der Waals surface area contributed by atoms with Crippen molar-refractivity contribution in [2.45, 2.75) is 17.9 Å². The van der Waals surface area contributed by atoms with Gasteiger partial charge in [-0.2, -0.15) is 13.2 Å². The lowest BCUT2D eigenvalue weighted by atomic mass is 10.2. The molecule has 1 aromatic heterocycles. The van der Waals surface area contributed by atoms with Crippen LogP contribution in [0.5, 0.6) is 0 Å². The quantitative estimate of drug-likeness (QED) is 0.730. The number of alkyl halides is 3. The van der Waals surface area contributed by atoms with Crippen molar-refractivity contribution >= 4 is 36.6 Å². The molecule has 1 heterocycles. The number of benzene rings is 1. The summed E-state index contributed by atoms with van der Waals surface area (Å²) in [6, 6.07) is 5.08. The van der Waals surface area contributed by atoms with Crippen molar-refractivity contribution in [1.29, 1.82) is 0 Å². The number of rotatable bonds is 6. The molecule has 0 saturated carbocycles. The standard InChI is InChI=1S/C14H18F3N5S.2ClH/c1-21(2)6-7-23-13-20-19-12(9-18)22(13)11-5-3-4-10(8-11)14(15,16)17;;/h3-5,8H,6-7,9,18H2,1-2H3;2*1H. The summed E-state index contributed by atoms with van der Waals surface area (Å²) in [4.78, 5) is 2.02. The van der Waals surface area contributed by atoms with E-state index in [-0.39, 0.29) is 31.4 Å². The molecule has 0 aliphatic rings. The van der Waals surface area contributed by atoms with Gasteiger partial charge < -0.3 is 10.6 Å². The van der Waals surface area contributed by atoms with Crippen LogP contribution in [0.1, 0.15) is 11.4 Å². The highest BCUT2D eigenvalue weighted by Gasteiger charge is 2.30. The minimum absolute atomic E-state index is 0. The lowest BCUT2D eigenvalue weighted by Crippen LogP contribution is -2.15. The van der Waals surface area contributed by atoms with Gasteiger partial charge in [0.25, 0.3) is 0 Å². The van der Waals surface area contributed by atoms with E-state index < -0.39 is 11.7 Å². The number of hydrogen-bond acceptors (Lipinski definition) is 5. The molecule has 0 fully saturated rings. The average Bonchev–Trinajstić information content (AvgIpc) is 2.89. The van der Waals surface area contributed by atoms with E-state index in [1.807, 2.05) is 19.0 Å². The Bertz CT molecular complexity index is 664. The van der Waals surface area contributed by atoms with Crippen LogP contribution < -0.4 is 5.73 Å². The molecular weight excluding hydrogens is 398 g/mol. The van der Waals surface area contributed by atoms with Gasteiger partial charge in [0.05, 0.1) is 17.8 Å². The third-order valence-electron chi connectivity index (χ3n) is 3.08. The maximum atomic E-state index is 12.9. The van der Waals surface area contributed by atoms with Gasteiger partial charge in [-0.05, 0) is 32.3 Å². The van der Waals surface area contributed by atoms with E-state index in [9.17, 15) is 13.2 Å². The fourth-order valence-corrected chi connectivity index (χ4v) is 3.00. The van der Waals surface area contributed by atoms with Crippen LogP contribution in [0, 0.1) is 0 Å². The van der Waals surface area contributed by atoms with Crippen LogP contribution in [-0.4, -0.2) is 46.1 Å². The number of aromatic nitrogens is 3. The molecule has 11 heteroatoms. The highest BCUT2D eigenvalue weighted by atomic mass is 35.5. The fourth-order valence-electron chi connectivity index (χ4n) is 1.93. The van der Waals surface area contributed by atoms with Crippen LogP contribution >= 0.6 is 36.6 Å². The van der Waals surface area contributed by atoms with Gasteiger partial charge in [-0.25, -0.2) is 0 Å². The Hall–Kier alpha value is -1.00. The predicted molar refractivity (Wildman–Crippen MR) is 98.0 cm³/mol. The van der Waals surface area contributed by atoms with E-state index in [2.05, 4.69) is 10.2 Å². The molecule has 0 atom stereocenters. The monoisotopic (exact) mass is 417 g/mol. The average molecular weight is 418 g/mol. The Labute approximate surface area is 161 Å². The summed E-state index contributed by atoms with van der Waals surface area (Å²) in [6.45, 7) is 0.912. The lowest BCUT2D eigenvalue weighted by molar-refractivity contribution is -0.137. The third kappa shape index (κ3) is 6.34. The maximum Gasteiger partial charge on any atom is 0.416 e. The minimum atomic E-state index is -4.40. The first-order valence-electron chi connectivity index (χ1n) is 6.92. The van der Waals surface area contributed by atoms with Crippen LogP contribution in [0.3, 0.4) is 0 Å². The zero-order chi connectivity index (χ0) is 17.0. The second kappa shape index (κ2) is 10.2. The van der Waals surface area contributed by atoms with Gasteiger partial charge >= 0.3 is 6.18 Å². The van der Waals surface area contributed by atoms with Crippen molar-refractivity contribution in [2.24, 2.45) is 5.73 Å². The van der Waals surface area contributed by atoms with Crippen molar-refractivity contribution in [1.82, 2.24) is 19.7 Å². The summed E-state index contributed by atoms with van der Waals surface area (Å²) in [7, 11) is 3.90. The number of thioether (sulfide) groups is 1. The second-order valence-corrected chi connectivity index (χ2v) is 6.20. The highest BCUT2D eigenvalue weighted by molar-refractivity contribution is 7.99. The molecule has 0 spiro atoms. The smallest absolute Gasteiger partial charge is 0.324 e. The molecule has 0 unspecified atom stereocenters. The molecule has 25 heavy (non-hydrogen) atoms. The largest absolute Gasteiger partial charge is 0.416 e. The number of hydrogen-bond donors (Lipinski definition) is 1. The molecule has 0 saturated heterocycles. The normalized spacial score (nSPS) is 11.2. The first kappa shape index (κ1) is 24.0. The van der Waals surface area contributed by atoms with Crippen LogP contribution in [0.2, 0.25) is 0 Å². The number of nitrogens with two attached hydrogens (primary N) is 1. The zero-order valence-electron chi connectivity index (χ0n) is 13.7. The minimum Gasteiger partial charge on any atom is -0.324 e. The fraction of sp³-hybridized carbons (Fsp3) is 0.429. The molecule has 2 N–H and O–H groups in total. The molecular formula is C14H20Cl2F3N5S. The molecule has 0 aliphatic carbocycles. The van der Waals surface area contributed by atoms with Crippen molar-refractivity contribution in [3.63, 3.8) is 0 Å². The van der Waals surface area contributed by atoms with Crippen LogP contribution in [0.15, 0.2) is 29.4 Å². The van der Waals surface area contributed by atoms with E-state index in [0.29, 0.717) is 16.7 Å².